The number of rotatable bonds is 5. The third kappa shape index (κ3) is 3.58. The fourth-order valence-electron chi connectivity index (χ4n) is 3.65. The molecule has 154 valence electrons. The second-order valence-corrected chi connectivity index (χ2v) is 9.04. The quantitative estimate of drug-likeness (QED) is 0.449. The molecular weight excluding hydrogens is 390 g/mol. The van der Waals surface area contributed by atoms with Gasteiger partial charge in [-0.15, -0.1) is 0 Å². The lowest BCUT2D eigenvalue weighted by Crippen LogP contribution is -2.62. The largest absolute Gasteiger partial charge is 0.478 e. The van der Waals surface area contributed by atoms with Crippen molar-refractivity contribution < 1.29 is 33.1 Å². The molecule has 2 fully saturated rings. The van der Waals surface area contributed by atoms with Gasteiger partial charge in [0.2, 0.25) is 10.0 Å². The van der Waals surface area contributed by atoms with Crippen LogP contribution >= 0.6 is 0 Å². The highest BCUT2D eigenvalue weighted by Gasteiger charge is 2.54. The van der Waals surface area contributed by atoms with Gasteiger partial charge in [-0.05, 0) is 24.3 Å². The van der Waals surface area contributed by atoms with E-state index < -0.39 is 26.6 Å². The Labute approximate surface area is 162 Å². The van der Waals surface area contributed by atoms with E-state index in [1.807, 2.05) is 4.90 Å². The zero-order valence-electron chi connectivity index (χ0n) is 15.2. The summed E-state index contributed by atoms with van der Waals surface area (Å²) in [5, 5.41) is 18.1. The third-order valence-electron chi connectivity index (χ3n) is 5.37. The van der Waals surface area contributed by atoms with Crippen molar-refractivity contribution in [1.29, 1.82) is 0 Å². The molecule has 0 aliphatic carbocycles. The fraction of sp³-hybridized carbons (Fsp3) is 0.529. The van der Waals surface area contributed by atoms with E-state index >= 15 is 0 Å². The second-order valence-electron chi connectivity index (χ2n) is 6.79. The molecule has 0 aromatic heterocycles. The number of hydrogen-bond donors (Lipinski definition) is 3. The zero-order chi connectivity index (χ0) is 20.4. The molecule has 0 unspecified atom stereocenters. The molecule has 0 bridgehead atoms. The summed E-state index contributed by atoms with van der Waals surface area (Å²) in [5.74, 6) is -1.94. The van der Waals surface area contributed by atoms with Crippen LogP contribution < -0.4 is 10.4 Å². The Morgan fingerprint density at radius 3 is 2.11 bits per heavy atom. The number of aromatic carboxylic acids is 1. The zero-order valence-corrected chi connectivity index (χ0v) is 16.0. The molecule has 0 spiro atoms. The number of carboxylic acids is 1. The minimum Gasteiger partial charge on any atom is -0.478 e. The molecular formula is C17H23N3O7S. The van der Waals surface area contributed by atoms with Crippen molar-refractivity contribution in [1.82, 2.24) is 9.79 Å². The standard InChI is InChI=1S/C17H23N3O7S/c21-15(22)13-1-3-14(4-2-13)19-7-9-20(10-8-19)28(25,26)17(16(23)18-24)5-11-27-12-6-17/h1-4,24H,5-12H2,(H,18,23)(H,21,22). The van der Waals surface area contributed by atoms with Crippen LogP contribution in [0, 0.1) is 0 Å². The molecule has 3 N–H and O–H groups in total. The molecule has 0 saturated carbocycles. The number of carbonyl (C=O) groups is 2. The highest BCUT2D eigenvalue weighted by molar-refractivity contribution is 7.91. The van der Waals surface area contributed by atoms with Crippen molar-refractivity contribution >= 4 is 27.6 Å². The molecule has 0 radical (unpaired) electrons. The average Bonchev–Trinajstić information content (AvgIpc) is 2.73. The summed E-state index contributed by atoms with van der Waals surface area (Å²) in [6, 6.07) is 6.38. The van der Waals surface area contributed by atoms with Crippen LogP contribution in [0.15, 0.2) is 24.3 Å². The molecule has 2 saturated heterocycles. The number of nitrogens with zero attached hydrogens (tertiary/aromatic N) is 2. The van der Waals surface area contributed by atoms with Gasteiger partial charge < -0.3 is 14.7 Å². The van der Waals surface area contributed by atoms with Gasteiger partial charge in [-0.1, -0.05) is 0 Å². The van der Waals surface area contributed by atoms with Crippen molar-refractivity contribution in [3.8, 4) is 0 Å². The summed E-state index contributed by atoms with van der Waals surface area (Å²) < 4.78 is 31.2. The molecule has 10 nitrogen and oxygen atoms in total. The van der Waals surface area contributed by atoms with E-state index in [2.05, 4.69) is 0 Å². The van der Waals surface area contributed by atoms with Crippen molar-refractivity contribution in [3.63, 3.8) is 0 Å². The number of carboxylic acid groups (broad SMARTS) is 1. The smallest absolute Gasteiger partial charge is 0.335 e. The summed E-state index contributed by atoms with van der Waals surface area (Å²) >= 11 is 0. The maximum Gasteiger partial charge on any atom is 0.335 e. The Kier molecular flexibility index (Phi) is 5.89. The molecule has 0 atom stereocenters. The van der Waals surface area contributed by atoms with Crippen LogP contribution in [0.2, 0.25) is 0 Å². The number of anilines is 1. The van der Waals surface area contributed by atoms with Crippen LogP contribution in [0.5, 0.6) is 0 Å². The van der Waals surface area contributed by atoms with Gasteiger partial charge in [0.1, 0.15) is 0 Å². The number of sulfonamides is 1. The second kappa shape index (κ2) is 8.03. The fourth-order valence-corrected chi connectivity index (χ4v) is 5.75. The van der Waals surface area contributed by atoms with E-state index in [4.69, 9.17) is 15.1 Å². The normalized spacial score (nSPS) is 20.5. The number of ether oxygens (including phenoxy) is 1. The SMILES string of the molecule is O=C(O)c1ccc(N2CCN(S(=O)(=O)C3(C(=O)NO)CCOCC3)CC2)cc1. The van der Waals surface area contributed by atoms with Crippen molar-refractivity contribution in [2.24, 2.45) is 0 Å². The number of benzene rings is 1. The molecule has 1 amide bonds. The Bertz CT molecular complexity index is 827. The highest BCUT2D eigenvalue weighted by atomic mass is 32.2. The molecule has 28 heavy (non-hydrogen) atoms. The average molecular weight is 413 g/mol. The van der Waals surface area contributed by atoms with Crippen molar-refractivity contribution in [3.05, 3.63) is 29.8 Å². The number of carbonyl (C=O) groups excluding carboxylic acids is 1. The van der Waals surface area contributed by atoms with Gasteiger partial charge in [-0.3, -0.25) is 10.0 Å². The highest BCUT2D eigenvalue weighted by Crippen LogP contribution is 2.33. The van der Waals surface area contributed by atoms with Crippen LogP contribution in [0.1, 0.15) is 23.2 Å². The van der Waals surface area contributed by atoms with Gasteiger partial charge in [0.05, 0.1) is 5.56 Å². The maximum absolute atomic E-state index is 13.2. The van der Waals surface area contributed by atoms with Crippen LogP contribution in [-0.4, -0.2) is 79.1 Å². The minimum absolute atomic E-state index is 0.0153. The monoisotopic (exact) mass is 413 g/mol. The summed E-state index contributed by atoms with van der Waals surface area (Å²) in [4.78, 5) is 25.2. The minimum atomic E-state index is -4.00. The predicted octanol–water partition coefficient (Wildman–Crippen LogP) is -0.109. The first kappa shape index (κ1) is 20.5. The number of amides is 1. The Morgan fingerprint density at radius 1 is 1.04 bits per heavy atom. The van der Waals surface area contributed by atoms with E-state index in [1.54, 1.807) is 12.1 Å². The predicted molar refractivity (Wildman–Crippen MR) is 98.8 cm³/mol. The summed E-state index contributed by atoms with van der Waals surface area (Å²) in [6.45, 7) is 1.43. The van der Waals surface area contributed by atoms with E-state index in [9.17, 15) is 18.0 Å². The van der Waals surface area contributed by atoms with Gasteiger partial charge in [0, 0.05) is 57.9 Å². The molecule has 2 aliphatic rings. The molecule has 3 rings (SSSR count). The van der Waals surface area contributed by atoms with Crippen LogP contribution in [0.3, 0.4) is 0 Å². The first-order valence-corrected chi connectivity index (χ1v) is 10.4. The molecule has 2 aliphatic heterocycles. The first-order valence-electron chi connectivity index (χ1n) is 8.92. The lowest BCUT2D eigenvalue weighted by Gasteiger charge is -2.42. The van der Waals surface area contributed by atoms with Gasteiger partial charge in [0.15, 0.2) is 4.75 Å². The van der Waals surface area contributed by atoms with Crippen molar-refractivity contribution in [2.45, 2.75) is 17.6 Å². The van der Waals surface area contributed by atoms with Crippen LogP contribution in [-0.2, 0) is 19.6 Å². The summed E-state index contributed by atoms with van der Waals surface area (Å²) in [6.07, 6.45) is -0.0306. The van der Waals surface area contributed by atoms with E-state index in [0.29, 0.717) is 13.1 Å². The lowest BCUT2D eigenvalue weighted by molar-refractivity contribution is -0.134. The van der Waals surface area contributed by atoms with Crippen molar-refractivity contribution in [2.75, 3.05) is 44.3 Å². The molecule has 1 aromatic carbocycles. The Morgan fingerprint density at radius 2 is 1.61 bits per heavy atom. The number of piperazine rings is 1. The van der Waals surface area contributed by atoms with E-state index in [1.165, 1.54) is 21.9 Å². The number of hydroxylamine groups is 1. The molecule has 11 heteroatoms. The number of hydrogen-bond acceptors (Lipinski definition) is 7. The maximum atomic E-state index is 13.2. The van der Waals surface area contributed by atoms with E-state index in [0.717, 1.165) is 5.69 Å². The Balaban J connectivity index is 1.74. The Hall–Kier alpha value is -2.21. The van der Waals surface area contributed by atoms with Crippen LogP contribution in [0.25, 0.3) is 0 Å². The summed E-state index contributed by atoms with van der Waals surface area (Å²) in [5.41, 5.74) is 2.49. The first-order chi connectivity index (χ1) is 13.3. The van der Waals surface area contributed by atoms with Gasteiger partial charge in [-0.25, -0.2) is 18.7 Å². The van der Waals surface area contributed by atoms with Gasteiger partial charge in [0.25, 0.3) is 5.91 Å². The lowest BCUT2D eigenvalue weighted by atomic mass is 9.98. The molecule has 2 heterocycles. The number of nitrogens with one attached hydrogen (secondary N) is 1. The summed E-state index contributed by atoms with van der Waals surface area (Å²) in [7, 11) is -4.00. The molecule has 1 aromatic rings. The van der Waals surface area contributed by atoms with Gasteiger partial charge >= 0.3 is 5.97 Å². The topological polar surface area (TPSA) is 136 Å². The van der Waals surface area contributed by atoms with E-state index in [-0.39, 0.29) is 44.7 Å². The van der Waals surface area contributed by atoms with Gasteiger partial charge in [-0.2, -0.15) is 4.31 Å². The third-order valence-corrected chi connectivity index (χ3v) is 7.99. The van der Waals surface area contributed by atoms with Crippen LogP contribution in [0.4, 0.5) is 5.69 Å².